The number of nitrogens with one attached hydrogen (secondary N) is 1. The summed E-state index contributed by atoms with van der Waals surface area (Å²) >= 11 is 0. The molecule has 1 aliphatic heterocycles. The zero-order chi connectivity index (χ0) is 12.8. The lowest BCUT2D eigenvalue weighted by molar-refractivity contribution is -0.149. The zero-order valence-corrected chi connectivity index (χ0v) is 8.97. The summed E-state index contributed by atoms with van der Waals surface area (Å²) in [6, 6.07) is 0. The number of ketones is 1. The van der Waals surface area contributed by atoms with Crippen LogP contribution in [-0.2, 0) is 9.59 Å². The number of rotatable bonds is 1. The first-order valence-corrected chi connectivity index (χ1v) is 5.13. The van der Waals surface area contributed by atoms with Crippen molar-refractivity contribution in [3.63, 3.8) is 0 Å². The first kappa shape index (κ1) is 11.9. The molecule has 1 aliphatic carbocycles. The number of alkyl halides is 3. The smallest absolute Gasteiger partial charge is 0.328 e. The highest BCUT2D eigenvalue weighted by Gasteiger charge is 2.42. The second kappa shape index (κ2) is 3.72. The quantitative estimate of drug-likeness (QED) is 0.764. The van der Waals surface area contributed by atoms with E-state index in [1.807, 2.05) is 0 Å². The van der Waals surface area contributed by atoms with Gasteiger partial charge in [0, 0.05) is 5.70 Å². The van der Waals surface area contributed by atoms with E-state index in [0.29, 0.717) is 5.57 Å². The molecular formula is C11H10F3NO2. The van der Waals surface area contributed by atoms with Crippen molar-refractivity contribution in [1.82, 2.24) is 5.32 Å². The molecule has 1 N–H and O–H groups in total. The van der Waals surface area contributed by atoms with Crippen molar-refractivity contribution < 1.29 is 22.8 Å². The summed E-state index contributed by atoms with van der Waals surface area (Å²) in [6.45, 7) is 1.60. The molecule has 1 heterocycles. The number of amides is 1. The molecule has 2 aliphatic rings. The number of hydrogen-bond acceptors (Lipinski definition) is 2. The van der Waals surface area contributed by atoms with Gasteiger partial charge in [0.1, 0.15) is 0 Å². The summed E-state index contributed by atoms with van der Waals surface area (Å²) in [7, 11) is 0. The van der Waals surface area contributed by atoms with Crippen molar-refractivity contribution in [3.8, 4) is 0 Å². The summed E-state index contributed by atoms with van der Waals surface area (Å²) in [4.78, 5) is 22.8. The predicted molar refractivity (Wildman–Crippen MR) is 52.6 cm³/mol. The molecule has 0 aromatic rings. The van der Waals surface area contributed by atoms with Crippen LogP contribution in [0.25, 0.3) is 0 Å². The number of carbonyl (C=O) groups excluding carboxylic acids is 2. The van der Waals surface area contributed by atoms with Gasteiger partial charge in [-0.25, -0.2) is 0 Å². The van der Waals surface area contributed by atoms with Gasteiger partial charge in [-0.3, -0.25) is 9.59 Å². The van der Waals surface area contributed by atoms with Crippen molar-refractivity contribution in [2.24, 2.45) is 11.8 Å². The molecule has 3 nitrogen and oxygen atoms in total. The molecule has 0 saturated carbocycles. The van der Waals surface area contributed by atoms with Gasteiger partial charge in [-0.05, 0) is 18.6 Å². The summed E-state index contributed by atoms with van der Waals surface area (Å²) in [5, 5.41) is 2.38. The number of hydrogen-bond donors (Lipinski definition) is 1. The van der Waals surface area contributed by atoms with Crippen LogP contribution in [0.1, 0.15) is 13.3 Å². The van der Waals surface area contributed by atoms with Crippen molar-refractivity contribution in [1.29, 1.82) is 0 Å². The molecule has 92 valence electrons. The Kier molecular flexibility index (Phi) is 2.60. The highest BCUT2D eigenvalue weighted by Crippen LogP contribution is 2.37. The van der Waals surface area contributed by atoms with Crippen LogP contribution >= 0.6 is 0 Å². The maximum absolute atomic E-state index is 12.4. The van der Waals surface area contributed by atoms with Crippen molar-refractivity contribution in [2.75, 3.05) is 0 Å². The van der Waals surface area contributed by atoms with Crippen LogP contribution in [0.2, 0.25) is 0 Å². The topological polar surface area (TPSA) is 46.2 Å². The van der Waals surface area contributed by atoms with Gasteiger partial charge in [0.25, 0.3) is 0 Å². The third-order valence-corrected chi connectivity index (χ3v) is 2.98. The standard InChI is InChI=1S/C11H10F3NO2/c1-5-6-2-3-8(16)7(4-11(12,13)14)9(6)15-10(5)17/h2-3,5,7H,4H2,1H3,(H,15,17). The van der Waals surface area contributed by atoms with E-state index in [-0.39, 0.29) is 11.6 Å². The minimum atomic E-state index is -4.43. The molecule has 0 spiro atoms. The Labute approximate surface area is 95.4 Å². The maximum atomic E-state index is 12.4. The molecule has 2 atom stereocenters. The number of halogens is 3. The molecule has 2 unspecified atom stereocenters. The third kappa shape index (κ3) is 2.11. The van der Waals surface area contributed by atoms with Gasteiger partial charge in [0.05, 0.1) is 18.3 Å². The largest absolute Gasteiger partial charge is 0.390 e. The van der Waals surface area contributed by atoms with Crippen molar-refractivity contribution in [2.45, 2.75) is 19.5 Å². The lowest BCUT2D eigenvalue weighted by Gasteiger charge is -2.21. The molecule has 17 heavy (non-hydrogen) atoms. The molecule has 0 radical (unpaired) electrons. The van der Waals surface area contributed by atoms with Crippen LogP contribution in [0.5, 0.6) is 0 Å². The Hall–Kier alpha value is -1.59. The Morgan fingerprint density at radius 2 is 1.94 bits per heavy atom. The molecule has 2 rings (SSSR count). The van der Waals surface area contributed by atoms with Gasteiger partial charge in [-0.1, -0.05) is 6.08 Å². The number of carbonyl (C=O) groups is 2. The lowest BCUT2D eigenvalue weighted by Crippen LogP contribution is -2.31. The monoisotopic (exact) mass is 245 g/mol. The van der Waals surface area contributed by atoms with Crippen LogP contribution in [0.15, 0.2) is 23.4 Å². The molecular weight excluding hydrogens is 235 g/mol. The van der Waals surface area contributed by atoms with E-state index in [0.717, 1.165) is 6.08 Å². The average Bonchev–Trinajstić information content (AvgIpc) is 2.47. The Bertz CT molecular complexity index is 448. The van der Waals surface area contributed by atoms with Crippen LogP contribution < -0.4 is 5.32 Å². The van der Waals surface area contributed by atoms with E-state index < -0.39 is 30.2 Å². The minimum Gasteiger partial charge on any atom is -0.328 e. The van der Waals surface area contributed by atoms with E-state index in [9.17, 15) is 22.8 Å². The van der Waals surface area contributed by atoms with E-state index >= 15 is 0 Å². The van der Waals surface area contributed by atoms with Gasteiger partial charge in [-0.15, -0.1) is 0 Å². The van der Waals surface area contributed by atoms with Crippen molar-refractivity contribution in [3.05, 3.63) is 23.4 Å². The summed E-state index contributed by atoms with van der Waals surface area (Å²) in [6.07, 6.45) is -3.12. The van der Waals surface area contributed by atoms with Crippen LogP contribution in [-0.4, -0.2) is 17.9 Å². The van der Waals surface area contributed by atoms with E-state index in [1.54, 1.807) is 6.92 Å². The predicted octanol–water partition coefficient (Wildman–Crippen LogP) is 1.71. The zero-order valence-electron chi connectivity index (χ0n) is 8.97. The fourth-order valence-corrected chi connectivity index (χ4v) is 2.07. The normalized spacial score (nSPS) is 28.5. The van der Waals surface area contributed by atoms with E-state index in [1.165, 1.54) is 6.08 Å². The van der Waals surface area contributed by atoms with Gasteiger partial charge in [0.15, 0.2) is 5.78 Å². The Morgan fingerprint density at radius 3 is 2.53 bits per heavy atom. The van der Waals surface area contributed by atoms with Crippen molar-refractivity contribution >= 4 is 11.7 Å². The second-order valence-electron chi connectivity index (χ2n) is 4.19. The van der Waals surface area contributed by atoms with Gasteiger partial charge in [0.2, 0.25) is 5.91 Å². The average molecular weight is 245 g/mol. The highest BCUT2D eigenvalue weighted by molar-refractivity contribution is 6.00. The van der Waals surface area contributed by atoms with Crippen LogP contribution in [0, 0.1) is 11.8 Å². The first-order chi connectivity index (χ1) is 7.79. The third-order valence-electron chi connectivity index (χ3n) is 2.98. The SMILES string of the molecule is CC1C(=O)NC2=C1C=CC(=O)C2CC(F)(F)F. The Morgan fingerprint density at radius 1 is 1.29 bits per heavy atom. The molecule has 0 bridgehead atoms. The van der Waals surface area contributed by atoms with E-state index in [4.69, 9.17) is 0 Å². The highest BCUT2D eigenvalue weighted by atomic mass is 19.4. The molecule has 1 amide bonds. The van der Waals surface area contributed by atoms with Gasteiger partial charge < -0.3 is 5.32 Å². The fraction of sp³-hybridized carbons (Fsp3) is 0.455. The summed E-state index contributed by atoms with van der Waals surface area (Å²) < 4.78 is 37.1. The lowest BCUT2D eigenvalue weighted by atomic mass is 9.86. The fourth-order valence-electron chi connectivity index (χ4n) is 2.07. The van der Waals surface area contributed by atoms with Gasteiger partial charge in [-0.2, -0.15) is 13.2 Å². The van der Waals surface area contributed by atoms with Gasteiger partial charge >= 0.3 is 6.18 Å². The Balaban J connectivity index is 2.33. The maximum Gasteiger partial charge on any atom is 0.390 e. The molecule has 0 aromatic carbocycles. The van der Waals surface area contributed by atoms with Crippen LogP contribution in [0.3, 0.4) is 0 Å². The molecule has 0 fully saturated rings. The first-order valence-electron chi connectivity index (χ1n) is 5.13. The number of allylic oxidation sites excluding steroid dienone is 3. The van der Waals surface area contributed by atoms with Crippen LogP contribution in [0.4, 0.5) is 13.2 Å². The minimum absolute atomic E-state index is 0.118. The summed E-state index contributed by atoms with van der Waals surface area (Å²) in [5.41, 5.74) is 0.608. The summed E-state index contributed by atoms with van der Waals surface area (Å²) in [5.74, 6) is -2.77. The molecule has 6 heteroatoms. The van der Waals surface area contributed by atoms with E-state index in [2.05, 4.69) is 5.32 Å². The molecule has 0 saturated heterocycles. The molecule has 0 aromatic heterocycles. The second-order valence-corrected chi connectivity index (χ2v) is 4.19.